The molecular formula is C15H29NO2. The Morgan fingerprint density at radius 2 is 2.06 bits per heavy atom. The van der Waals surface area contributed by atoms with E-state index < -0.39 is 5.60 Å². The smallest absolute Gasteiger partial charge is 0.306 e. The Morgan fingerprint density at radius 3 is 2.56 bits per heavy atom. The van der Waals surface area contributed by atoms with Crippen molar-refractivity contribution >= 4 is 5.97 Å². The van der Waals surface area contributed by atoms with Gasteiger partial charge in [-0.15, -0.1) is 0 Å². The molecule has 3 atom stereocenters. The molecule has 3 nitrogen and oxygen atoms in total. The molecule has 3 heteroatoms. The van der Waals surface area contributed by atoms with Gasteiger partial charge in [0, 0.05) is 6.42 Å². The molecule has 1 rings (SSSR count). The van der Waals surface area contributed by atoms with Crippen LogP contribution in [0.4, 0.5) is 0 Å². The van der Waals surface area contributed by atoms with Gasteiger partial charge in [-0.25, -0.2) is 0 Å². The van der Waals surface area contributed by atoms with Gasteiger partial charge in [0.25, 0.3) is 0 Å². The molecule has 0 aromatic heterocycles. The lowest BCUT2D eigenvalue weighted by Crippen LogP contribution is -2.32. The second kappa shape index (κ2) is 6.55. The molecule has 0 saturated heterocycles. The van der Waals surface area contributed by atoms with E-state index in [-0.39, 0.29) is 5.97 Å². The van der Waals surface area contributed by atoms with Crippen LogP contribution in [0.25, 0.3) is 0 Å². The highest BCUT2D eigenvalue weighted by Gasteiger charge is 2.29. The molecule has 1 fully saturated rings. The first-order valence-corrected chi connectivity index (χ1v) is 7.23. The van der Waals surface area contributed by atoms with Gasteiger partial charge >= 0.3 is 5.97 Å². The fraction of sp³-hybridized carbons (Fsp3) is 0.933. The number of carbonyl (C=O) groups excluding carboxylic acids is 1. The standard InChI is InChI=1S/C15H29NO2/c1-11-6-5-7-12(8-11)13(10-16)9-14(17)18-15(2,3)4/h11-13H,5-10,16H2,1-4H3. The second-order valence-electron chi connectivity index (χ2n) is 6.82. The van der Waals surface area contributed by atoms with Crippen molar-refractivity contribution in [3.05, 3.63) is 0 Å². The Hall–Kier alpha value is -0.570. The van der Waals surface area contributed by atoms with E-state index in [4.69, 9.17) is 10.5 Å². The summed E-state index contributed by atoms with van der Waals surface area (Å²) in [6.07, 6.45) is 5.50. The molecule has 2 N–H and O–H groups in total. The Balaban J connectivity index is 2.48. The highest BCUT2D eigenvalue weighted by molar-refractivity contribution is 5.70. The van der Waals surface area contributed by atoms with Crippen LogP contribution < -0.4 is 5.73 Å². The third-order valence-corrected chi connectivity index (χ3v) is 3.80. The first-order chi connectivity index (χ1) is 8.31. The second-order valence-corrected chi connectivity index (χ2v) is 6.82. The van der Waals surface area contributed by atoms with Crippen LogP contribution in [0.1, 0.15) is 59.8 Å². The first kappa shape index (κ1) is 15.5. The van der Waals surface area contributed by atoms with Crippen LogP contribution in [-0.4, -0.2) is 18.1 Å². The molecule has 0 aromatic carbocycles. The third-order valence-electron chi connectivity index (χ3n) is 3.80. The molecule has 18 heavy (non-hydrogen) atoms. The molecule has 1 aliphatic carbocycles. The summed E-state index contributed by atoms with van der Waals surface area (Å²) in [5, 5.41) is 0. The number of nitrogens with two attached hydrogens (primary N) is 1. The maximum atomic E-state index is 11.9. The largest absolute Gasteiger partial charge is 0.460 e. The summed E-state index contributed by atoms with van der Waals surface area (Å²) >= 11 is 0. The lowest BCUT2D eigenvalue weighted by molar-refractivity contribution is -0.156. The molecule has 0 spiro atoms. The van der Waals surface area contributed by atoms with Gasteiger partial charge < -0.3 is 10.5 Å². The number of esters is 1. The van der Waals surface area contributed by atoms with Crippen molar-refractivity contribution in [1.29, 1.82) is 0 Å². The molecule has 1 aliphatic rings. The lowest BCUT2D eigenvalue weighted by atomic mass is 9.74. The molecule has 0 bridgehead atoms. The fourth-order valence-electron chi connectivity index (χ4n) is 2.95. The zero-order valence-corrected chi connectivity index (χ0v) is 12.4. The van der Waals surface area contributed by atoms with Crippen LogP contribution in [0.3, 0.4) is 0 Å². The van der Waals surface area contributed by atoms with Gasteiger partial charge in [-0.1, -0.05) is 26.2 Å². The predicted molar refractivity (Wildman–Crippen MR) is 74.1 cm³/mol. The number of hydrogen-bond donors (Lipinski definition) is 1. The van der Waals surface area contributed by atoms with Gasteiger partial charge in [-0.2, -0.15) is 0 Å². The summed E-state index contributed by atoms with van der Waals surface area (Å²) in [5.41, 5.74) is 5.46. The molecule has 3 unspecified atom stereocenters. The van der Waals surface area contributed by atoms with Crippen LogP contribution in [0.2, 0.25) is 0 Å². The number of hydrogen-bond acceptors (Lipinski definition) is 3. The van der Waals surface area contributed by atoms with Crippen LogP contribution in [-0.2, 0) is 9.53 Å². The molecule has 0 aliphatic heterocycles. The quantitative estimate of drug-likeness (QED) is 0.785. The predicted octanol–water partition coefficient (Wildman–Crippen LogP) is 3.12. The van der Waals surface area contributed by atoms with Crippen LogP contribution in [0.15, 0.2) is 0 Å². The normalized spacial score (nSPS) is 26.7. The highest BCUT2D eigenvalue weighted by Crippen LogP contribution is 2.34. The van der Waals surface area contributed by atoms with Crippen molar-refractivity contribution in [2.24, 2.45) is 23.5 Å². The molecule has 1 saturated carbocycles. The van der Waals surface area contributed by atoms with E-state index >= 15 is 0 Å². The number of ether oxygens (including phenoxy) is 1. The van der Waals surface area contributed by atoms with Gasteiger partial charge in [0.05, 0.1) is 0 Å². The van der Waals surface area contributed by atoms with Crippen molar-refractivity contribution in [3.8, 4) is 0 Å². The number of rotatable bonds is 4. The van der Waals surface area contributed by atoms with E-state index in [1.165, 1.54) is 25.7 Å². The highest BCUT2D eigenvalue weighted by atomic mass is 16.6. The summed E-state index contributed by atoms with van der Waals surface area (Å²) in [5.74, 6) is 1.57. The Labute approximate surface area is 111 Å². The molecule has 0 radical (unpaired) electrons. The van der Waals surface area contributed by atoms with E-state index in [2.05, 4.69) is 6.92 Å². The average molecular weight is 255 g/mol. The van der Waals surface area contributed by atoms with E-state index in [1.54, 1.807) is 0 Å². The minimum absolute atomic E-state index is 0.101. The van der Waals surface area contributed by atoms with Crippen molar-refractivity contribution in [2.75, 3.05) is 6.54 Å². The average Bonchev–Trinajstić information content (AvgIpc) is 2.23. The minimum atomic E-state index is -0.393. The Bertz CT molecular complexity index is 270. The SMILES string of the molecule is CC1CCCC(C(CN)CC(=O)OC(C)(C)C)C1. The molecule has 0 heterocycles. The molecule has 0 amide bonds. The maximum absolute atomic E-state index is 11.9. The minimum Gasteiger partial charge on any atom is -0.460 e. The van der Waals surface area contributed by atoms with Gasteiger partial charge in [0.2, 0.25) is 0 Å². The van der Waals surface area contributed by atoms with Crippen molar-refractivity contribution in [1.82, 2.24) is 0 Å². The zero-order chi connectivity index (χ0) is 13.8. The van der Waals surface area contributed by atoms with E-state index in [1.807, 2.05) is 20.8 Å². The summed E-state index contributed by atoms with van der Waals surface area (Å²) in [4.78, 5) is 11.9. The zero-order valence-electron chi connectivity index (χ0n) is 12.4. The topological polar surface area (TPSA) is 52.3 Å². The maximum Gasteiger partial charge on any atom is 0.306 e. The van der Waals surface area contributed by atoms with Gasteiger partial charge in [0.1, 0.15) is 5.60 Å². The number of carbonyl (C=O) groups is 1. The van der Waals surface area contributed by atoms with Gasteiger partial charge in [-0.05, 0) is 51.5 Å². The summed E-state index contributed by atoms with van der Waals surface area (Å²) in [6.45, 7) is 8.62. The van der Waals surface area contributed by atoms with Gasteiger partial charge in [0.15, 0.2) is 0 Å². The summed E-state index contributed by atoms with van der Waals surface area (Å²) in [6, 6.07) is 0. The van der Waals surface area contributed by atoms with E-state index in [9.17, 15) is 4.79 Å². The van der Waals surface area contributed by atoms with Crippen molar-refractivity contribution < 1.29 is 9.53 Å². The third kappa shape index (κ3) is 5.38. The van der Waals surface area contributed by atoms with Crippen molar-refractivity contribution in [2.45, 2.75) is 65.4 Å². The van der Waals surface area contributed by atoms with E-state index in [0.717, 1.165) is 5.92 Å². The first-order valence-electron chi connectivity index (χ1n) is 7.23. The summed E-state index contributed by atoms with van der Waals surface area (Å²) in [7, 11) is 0. The fourth-order valence-corrected chi connectivity index (χ4v) is 2.95. The Kier molecular flexibility index (Phi) is 5.64. The Morgan fingerprint density at radius 1 is 1.39 bits per heavy atom. The van der Waals surface area contributed by atoms with Crippen LogP contribution in [0.5, 0.6) is 0 Å². The van der Waals surface area contributed by atoms with Crippen molar-refractivity contribution in [3.63, 3.8) is 0 Å². The van der Waals surface area contributed by atoms with Gasteiger partial charge in [-0.3, -0.25) is 4.79 Å². The lowest BCUT2D eigenvalue weighted by Gasteiger charge is -2.32. The molecular weight excluding hydrogens is 226 g/mol. The van der Waals surface area contributed by atoms with Crippen LogP contribution >= 0.6 is 0 Å². The monoisotopic (exact) mass is 255 g/mol. The summed E-state index contributed by atoms with van der Waals surface area (Å²) < 4.78 is 5.39. The van der Waals surface area contributed by atoms with Crippen LogP contribution in [0, 0.1) is 17.8 Å². The molecule has 0 aromatic rings. The van der Waals surface area contributed by atoms with E-state index in [0.29, 0.717) is 24.8 Å². The molecule has 106 valence electrons.